The van der Waals surface area contributed by atoms with Crippen molar-refractivity contribution in [3.8, 4) is 17.2 Å². The van der Waals surface area contributed by atoms with E-state index in [9.17, 15) is 40.4 Å². The largest absolute Gasteiger partial charge is 0.619 e. The summed E-state index contributed by atoms with van der Waals surface area (Å²) in [7, 11) is -4.54. The molecule has 19 heteroatoms. The standard InChI is InChI=1S/C29H25Cl2F5N2O8S2/c30-21-13-37(40)14-22(31)20(21)12-24(17-6-7-23(45-28(32)33)25(10-17)43-15-16-4-5-16)44-27(39)26-38(8-9-47-26)48(41,42)19-3-1-2-18(11-19)46-29(34,35)36/h1-3,6-7,10-11,13-14,16,24,26,28H,4-5,8-9,12,15H2/t24-,26-/m0/s1. The number of benzene rings is 2. The molecule has 0 amide bonds. The van der Waals surface area contributed by atoms with Crippen LogP contribution in [0, 0.1) is 11.1 Å². The van der Waals surface area contributed by atoms with Crippen LogP contribution in [0.2, 0.25) is 10.0 Å². The molecule has 0 spiro atoms. The van der Waals surface area contributed by atoms with Crippen molar-refractivity contribution in [1.82, 2.24) is 4.31 Å². The van der Waals surface area contributed by atoms with Gasteiger partial charge in [-0.05, 0) is 48.6 Å². The number of carbonyl (C=O) groups is 1. The minimum absolute atomic E-state index is 0.0659. The monoisotopic (exact) mass is 758 g/mol. The predicted octanol–water partition coefficient (Wildman–Crippen LogP) is 6.51. The summed E-state index contributed by atoms with van der Waals surface area (Å²) in [4.78, 5) is 13.2. The smallest absolute Gasteiger partial charge is 0.573 e. The summed E-state index contributed by atoms with van der Waals surface area (Å²) in [6.45, 7) is -3.13. The Morgan fingerprint density at radius 1 is 1.08 bits per heavy atom. The maximum atomic E-state index is 13.7. The molecule has 0 bridgehead atoms. The molecule has 1 aromatic heterocycles. The Kier molecular flexibility index (Phi) is 11.0. The summed E-state index contributed by atoms with van der Waals surface area (Å²) < 4.78 is 113. The lowest BCUT2D eigenvalue weighted by Crippen LogP contribution is -2.40. The van der Waals surface area contributed by atoms with Gasteiger partial charge in [0.1, 0.15) is 21.9 Å². The molecule has 0 N–H and O–H groups in total. The zero-order valence-corrected chi connectivity index (χ0v) is 27.5. The molecule has 1 aliphatic carbocycles. The van der Waals surface area contributed by atoms with Crippen molar-refractivity contribution in [2.24, 2.45) is 5.92 Å². The summed E-state index contributed by atoms with van der Waals surface area (Å²) in [5.74, 6) is -1.79. The Hall–Kier alpha value is -3.25. The van der Waals surface area contributed by atoms with Gasteiger partial charge in [0.2, 0.25) is 10.0 Å². The molecule has 0 unspecified atom stereocenters. The number of pyridine rings is 1. The van der Waals surface area contributed by atoms with Gasteiger partial charge in [-0.2, -0.15) is 17.8 Å². The maximum Gasteiger partial charge on any atom is 0.573 e. The molecule has 10 nitrogen and oxygen atoms in total. The van der Waals surface area contributed by atoms with E-state index in [2.05, 4.69) is 9.47 Å². The molecular weight excluding hydrogens is 734 g/mol. The van der Waals surface area contributed by atoms with E-state index in [1.54, 1.807) is 0 Å². The van der Waals surface area contributed by atoms with Crippen molar-refractivity contribution in [1.29, 1.82) is 0 Å². The molecule has 2 aromatic carbocycles. The summed E-state index contributed by atoms with van der Waals surface area (Å²) in [6, 6.07) is 7.59. The Balaban J connectivity index is 1.46. The Morgan fingerprint density at radius 3 is 2.44 bits per heavy atom. The first kappa shape index (κ1) is 36.0. The highest BCUT2D eigenvalue weighted by Crippen LogP contribution is 2.39. The second-order valence-corrected chi connectivity index (χ2v) is 14.5. The van der Waals surface area contributed by atoms with E-state index in [0.29, 0.717) is 10.8 Å². The number of hydrogen-bond donors (Lipinski definition) is 0. The van der Waals surface area contributed by atoms with Crippen LogP contribution in [0.25, 0.3) is 0 Å². The lowest BCUT2D eigenvalue weighted by Gasteiger charge is -2.26. The van der Waals surface area contributed by atoms with Crippen LogP contribution in [0.5, 0.6) is 17.2 Å². The number of hydrogen-bond acceptors (Lipinski definition) is 9. The third kappa shape index (κ3) is 9.05. The number of aromatic nitrogens is 1. The van der Waals surface area contributed by atoms with Crippen molar-refractivity contribution in [2.75, 3.05) is 18.9 Å². The summed E-state index contributed by atoms with van der Waals surface area (Å²) in [6.07, 6.45) is -2.78. The first-order chi connectivity index (χ1) is 22.6. The number of halogens is 7. The minimum Gasteiger partial charge on any atom is -0.619 e. The number of sulfonamides is 1. The van der Waals surface area contributed by atoms with Gasteiger partial charge in [0.15, 0.2) is 29.3 Å². The highest BCUT2D eigenvalue weighted by atomic mass is 35.5. The first-order valence-electron chi connectivity index (χ1n) is 14.1. The fourth-order valence-corrected chi connectivity index (χ4v) is 8.40. The molecule has 0 radical (unpaired) electrons. The zero-order valence-electron chi connectivity index (χ0n) is 24.4. The fraction of sp³-hybridized carbons (Fsp3) is 0.379. The second-order valence-electron chi connectivity index (χ2n) is 10.6. The van der Waals surface area contributed by atoms with Crippen molar-refractivity contribution < 1.29 is 58.8 Å². The predicted molar refractivity (Wildman–Crippen MR) is 163 cm³/mol. The number of alkyl halides is 5. The number of carbonyl (C=O) groups excluding carboxylic acids is 1. The molecule has 2 fully saturated rings. The molecular formula is C29H25Cl2F5N2O8S2. The van der Waals surface area contributed by atoms with Gasteiger partial charge in [0.05, 0.1) is 11.5 Å². The molecule has 2 aliphatic rings. The van der Waals surface area contributed by atoms with Crippen LogP contribution in [0.3, 0.4) is 0 Å². The van der Waals surface area contributed by atoms with Gasteiger partial charge < -0.3 is 24.2 Å². The Bertz CT molecular complexity index is 1740. The number of nitrogens with zero attached hydrogens (tertiary/aromatic N) is 2. The van der Waals surface area contributed by atoms with E-state index in [1.807, 2.05) is 0 Å². The van der Waals surface area contributed by atoms with E-state index in [4.69, 9.17) is 32.7 Å². The van der Waals surface area contributed by atoms with Gasteiger partial charge in [-0.3, -0.25) is 0 Å². The lowest BCUT2D eigenvalue weighted by molar-refractivity contribution is -0.605. The topological polar surface area (TPSA) is 118 Å². The number of thioether (sulfide) groups is 1. The lowest BCUT2D eigenvalue weighted by atomic mass is 10.0. The summed E-state index contributed by atoms with van der Waals surface area (Å²) in [5, 5.41) is 10.2. The van der Waals surface area contributed by atoms with E-state index in [0.717, 1.165) is 59.5 Å². The van der Waals surface area contributed by atoms with Crippen LogP contribution in [-0.4, -0.2) is 55.9 Å². The van der Waals surface area contributed by atoms with Gasteiger partial charge >= 0.3 is 18.9 Å². The Morgan fingerprint density at radius 2 is 1.79 bits per heavy atom. The quantitative estimate of drug-likeness (QED) is 0.0833. The van der Waals surface area contributed by atoms with Gasteiger partial charge in [0.25, 0.3) is 0 Å². The third-order valence-corrected chi connectivity index (χ3v) is 11.0. The van der Waals surface area contributed by atoms with Gasteiger partial charge in [-0.25, -0.2) is 13.2 Å². The summed E-state index contributed by atoms with van der Waals surface area (Å²) >= 11 is 13.5. The highest BCUT2D eigenvalue weighted by Gasteiger charge is 2.43. The molecule has 5 rings (SSSR count). The summed E-state index contributed by atoms with van der Waals surface area (Å²) in [5.41, 5.74) is 0.387. The molecule has 48 heavy (non-hydrogen) atoms. The van der Waals surface area contributed by atoms with Gasteiger partial charge in [-0.1, -0.05) is 35.3 Å². The van der Waals surface area contributed by atoms with Crippen molar-refractivity contribution >= 4 is 51.0 Å². The minimum atomic E-state index is -5.07. The van der Waals surface area contributed by atoms with E-state index in [1.165, 1.54) is 18.2 Å². The van der Waals surface area contributed by atoms with Crippen LogP contribution in [0.15, 0.2) is 59.8 Å². The number of ether oxygens (including phenoxy) is 4. The normalized spacial score (nSPS) is 17.7. The maximum absolute atomic E-state index is 13.7. The average Bonchev–Trinajstić information content (AvgIpc) is 3.68. The van der Waals surface area contributed by atoms with Crippen molar-refractivity contribution in [3.63, 3.8) is 0 Å². The van der Waals surface area contributed by atoms with Crippen LogP contribution < -0.4 is 18.9 Å². The number of rotatable bonds is 13. The van der Waals surface area contributed by atoms with E-state index >= 15 is 0 Å². The third-order valence-electron chi connectivity index (χ3n) is 7.13. The second kappa shape index (κ2) is 14.7. The molecule has 2 atom stereocenters. The van der Waals surface area contributed by atoms with Crippen molar-refractivity contribution in [3.05, 3.63) is 81.2 Å². The molecule has 1 aliphatic heterocycles. The number of esters is 1. The van der Waals surface area contributed by atoms with Crippen LogP contribution in [-0.2, 0) is 26.0 Å². The molecule has 260 valence electrons. The zero-order chi connectivity index (χ0) is 34.8. The van der Waals surface area contributed by atoms with Crippen LogP contribution in [0.1, 0.15) is 30.1 Å². The van der Waals surface area contributed by atoms with E-state index in [-0.39, 0.29) is 63.9 Å². The molecule has 2 heterocycles. The fourth-order valence-electron chi connectivity index (χ4n) is 4.71. The van der Waals surface area contributed by atoms with Crippen molar-refractivity contribution in [2.45, 2.75) is 48.6 Å². The van der Waals surface area contributed by atoms with Gasteiger partial charge in [0, 0.05) is 30.3 Å². The molecule has 3 aromatic rings. The first-order valence-corrected chi connectivity index (χ1v) is 17.3. The Labute approximate surface area is 285 Å². The van der Waals surface area contributed by atoms with Crippen LogP contribution >= 0.6 is 35.0 Å². The van der Waals surface area contributed by atoms with E-state index < -0.39 is 51.1 Å². The average molecular weight is 760 g/mol. The molecule has 1 saturated carbocycles. The van der Waals surface area contributed by atoms with Gasteiger partial charge in [-0.15, -0.1) is 24.9 Å². The molecule has 1 saturated heterocycles. The SMILES string of the molecule is O=C(O[C@@H](Cc1c(Cl)c[n+]([O-])cc1Cl)c1ccc(OC(F)F)c(OCC2CC2)c1)[C@@H]1SCCN1S(=O)(=O)c1cccc(OC(F)(F)F)c1. The highest BCUT2D eigenvalue weighted by molar-refractivity contribution is 8.02. The van der Waals surface area contributed by atoms with Crippen LogP contribution in [0.4, 0.5) is 22.0 Å².